The molecule has 2 nitrogen and oxygen atoms in total. The van der Waals surface area contributed by atoms with Crippen molar-refractivity contribution in [2.45, 2.75) is 64.8 Å². The normalized spacial score (nSPS) is 13.0. The Labute approximate surface area is 154 Å². The van der Waals surface area contributed by atoms with E-state index in [4.69, 9.17) is 4.43 Å². The fourth-order valence-electron chi connectivity index (χ4n) is 3.12. The van der Waals surface area contributed by atoms with Gasteiger partial charge in [-0.25, -0.2) is 0 Å². The molecule has 0 saturated carbocycles. The third-order valence-corrected chi connectivity index (χ3v) is 5.39. The molecule has 1 atom stereocenters. The molecule has 0 spiro atoms. The monoisotopic (exact) mass is 356 g/mol. The molecular weight excluding hydrogens is 324 g/mol. The average Bonchev–Trinajstić information content (AvgIpc) is 2.54. The number of aryl methyl sites for hydroxylation is 1. The number of benzene rings is 2. The van der Waals surface area contributed by atoms with Crippen LogP contribution in [0.4, 0.5) is 0 Å². The lowest BCUT2D eigenvalue weighted by atomic mass is 10.0. The zero-order valence-corrected chi connectivity index (χ0v) is 17.1. The molecule has 0 radical (unpaired) electrons. The van der Waals surface area contributed by atoms with E-state index in [1.807, 2.05) is 12.1 Å². The van der Waals surface area contributed by atoms with Crippen LogP contribution in [0.2, 0.25) is 19.6 Å². The first kappa shape index (κ1) is 19.7. The SMILES string of the molecule is CC(CCCCCc1ccc(-c2ccc(O)cc2)cc1)O[Si](C)(C)C. The number of hydrogen-bond donors (Lipinski definition) is 1. The summed E-state index contributed by atoms with van der Waals surface area (Å²) < 4.78 is 6.09. The van der Waals surface area contributed by atoms with E-state index < -0.39 is 8.32 Å². The molecule has 0 saturated heterocycles. The van der Waals surface area contributed by atoms with Gasteiger partial charge in [0.05, 0.1) is 0 Å². The van der Waals surface area contributed by atoms with Crippen LogP contribution in [0.25, 0.3) is 11.1 Å². The van der Waals surface area contributed by atoms with Gasteiger partial charge in [0.25, 0.3) is 0 Å². The van der Waals surface area contributed by atoms with E-state index in [1.54, 1.807) is 12.1 Å². The lowest BCUT2D eigenvalue weighted by Crippen LogP contribution is -2.30. The highest BCUT2D eigenvalue weighted by Gasteiger charge is 2.17. The molecule has 0 aliphatic carbocycles. The number of aromatic hydroxyl groups is 1. The molecule has 0 fully saturated rings. The molecule has 0 bridgehead atoms. The first-order valence-electron chi connectivity index (χ1n) is 9.40. The predicted octanol–water partition coefficient (Wildman–Crippen LogP) is 6.40. The van der Waals surface area contributed by atoms with Crippen LogP contribution < -0.4 is 0 Å². The molecule has 0 amide bonds. The van der Waals surface area contributed by atoms with Gasteiger partial charge in [-0.1, -0.05) is 49.2 Å². The van der Waals surface area contributed by atoms with Crippen molar-refractivity contribution in [3.05, 3.63) is 54.1 Å². The molecule has 0 aliphatic rings. The third kappa shape index (κ3) is 7.45. The smallest absolute Gasteiger partial charge is 0.184 e. The van der Waals surface area contributed by atoms with Crippen molar-refractivity contribution >= 4 is 8.32 Å². The fraction of sp³-hybridized carbons (Fsp3) is 0.455. The van der Waals surface area contributed by atoms with Crippen LogP contribution in [0.15, 0.2) is 48.5 Å². The summed E-state index contributed by atoms with van der Waals surface area (Å²) in [6.07, 6.45) is 6.45. The summed E-state index contributed by atoms with van der Waals surface area (Å²) in [5.41, 5.74) is 3.73. The standard InChI is InChI=1S/C22H32O2Si/c1-18(24-25(2,3)4)8-6-5-7-9-19-10-12-20(13-11-19)21-14-16-22(23)17-15-21/h10-18,23H,5-9H2,1-4H3. The second-order valence-corrected chi connectivity index (χ2v) is 12.3. The number of phenols is 1. The number of hydrogen-bond acceptors (Lipinski definition) is 2. The molecule has 0 aromatic heterocycles. The van der Waals surface area contributed by atoms with Gasteiger partial charge in [-0.15, -0.1) is 0 Å². The van der Waals surface area contributed by atoms with E-state index in [-0.39, 0.29) is 0 Å². The van der Waals surface area contributed by atoms with Crippen LogP contribution in [-0.2, 0) is 10.8 Å². The molecule has 25 heavy (non-hydrogen) atoms. The van der Waals surface area contributed by atoms with E-state index in [2.05, 4.69) is 50.8 Å². The summed E-state index contributed by atoms with van der Waals surface area (Å²) >= 11 is 0. The summed E-state index contributed by atoms with van der Waals surface area (Å²) in [7, 11) is -1.39. The predicted molar refractivity (Wildman–Crippen MR) is 110 cm³/mol. The Balaban J connectivity index is 1.70. The number of unbranched alkanes of at least 4 members (excludes halogenated alkanes) is 2. The molecule has 136 valence electrons. The van der Waals surface area contributed by atoms with Gasteiger partial charge in [0.2, 0.25) is 0 Å². The van der Waals surface area contributed by atoms with E-state index in [1.165, 1.54) is 36.8 Å². The lowest BCUT2D eigenvalue weighted by molar-refractivity contribution is 0.199. The van der Waals surface area contributed by atoms with Gasteiger partial charge < -0.3 is 9.53 Å². The molecule has 1 unspecified atom stereocenters. The minimum Gasteiger partial charge on any atom is -0.508 e. The van der Waals surface area contributed by atoms with Crippen molar-refractivity contribution in [3.8, 4) is 16.9 Å². The highest BCUT2D eigenvalue weighted by Crippen LogP contribution is 2.23. The maximum absolute atomic E-state index is 9.37. The zero-order chi connectivity index (χ0) is 18.3. The molecule has 1 N–H and O–H groups in total. The van der Waals surface area contributed by atoms with Crippen LogP contribution in [0.3, 0.4) is 0 Å². The van der Waals surface area contributed by atoms with Crippen molar-refractivity contribution < 1.29 is 9.53 Å². The van der Waals surface area contributed by atoms with E-state index in [0.29, 0.717) is 11.9 Å². The summed E-state index contributed by atoms with van der Waals surface area (Å²) in [4.78, 5) is 0. The van der Waals surface area contributed by atoms with Gasteiger partial charge in [-0.2, -0.15) is 0 Å². The van der Waals surface area contributed by atoms with Gasteiger partial charge in [-0.3, -0.25) is 0 Å². The van der Waals surface area contributed by atoms with Crippen LogP contribution in [0.1, 0.15) is 38.2 Å². The summed E-state index contributed by atoms with van der Waals surface area (Å²) in [5, 5.41) is 9.37. The first-order chi connectivity index (χ1) is 11.8. The maximum Gasteiger partial charge on any atom is 0.184 e. The van der Waals surface area contributed by atoms with Crippen molar-refractivity contribution in [2.24, 2.45) is 0 Å². The second-order valence-electron chi connectivity index (χ2n) is 7.88. The molecule has 2 aromatic carbocycles. The van der Waals surface area contributed by atoms with E-state index >= 15 is 0 Å². The molecule has 0 heterocycles. The highest BCUT2D eigenvalue weighted by molar-refractivity contribution is 6.69. The summed E-state index contributed by atoms with van der Waals surface area (Å²) in [6.45, 7) is 8.97. The maximum atomic E-state index is 9.37. The van der Waals surface area contributed by atoms with E-state index in [0.717, 1.165) is 12.0 Å². The summed E-state index contributed by atoms with van der Waals surface area (Å²) in [6, 6.07) is 16.2. The van der Waals surface area contributed by atoms with Gasteiger partial charge in [0, 0.05) is 6.10 Å². The molecule has 0 aliphatic heterocycles. The first-order valence-corrected chi connectivity index (χ1v) is 12.8. The Morgan fingerprint density at radius 2 is 1.40 bits per heavy atom. The lowest BCUT2D eigenvalue weighted by Gasteiger charge is -2.23. The van der Waals surface area contributed by atoms with Gasteiger partial charge >= 0.3 is 0 Å². The molecule has 2 aromatic rings. The van der Waals surface area contributed by atoms with Gasteiger partial charge in [-0.05, 0) is 74.7 Å². The van der Waals surface area contributed by atoms with Crippen LogP contribution >= 0.6 is 0 Å². The molecular formula is C22H32O2Si. The number of rotatable bonds is 9. The van der Waals surface area contributed by atoms with Gasteiger partial charge in [0.15, 0.2) is 8.32 Å². The Bertz CT molecular complexity index is 627. The van der Waals surface area contributed by atoms with E-state index in [9.17, 15) is 5.11 Å². The van der Waals surface area contributed by atoms with Crippen LogP contribution in [0, 0.1) is 0 Å². The van der Waals surface area contributed by atoms with Crippen LogP contribution in [0.5, 0.6) is 5.75 Å². The molecule has 3 heteroatoms. The van der Waals surface area contributed by atoms with Crippen molar-refractivity contribution in [3.63, 3.8) is 0 Å². The van der Waals surface area contributed by atoms with Crippen molar-refractivity contribution in [2.75, 3.05) is 0 Å². The van der Waals surface area contributed by atoms with Gasteiger partial charge in [0.1, 0.15) is 5.75 Å². The summed E-state index contributed by atoms with van der Waals surface area (Å²) in [5.74, 6) is 0.310. The minimum atomic E-state index is -1.39. The second kappa shape index (κ2) is 9.21. The average molecular weight is 357 g/mol. The Morgan fingerprint density at radius 3 is 1.96 bits per heavy atom. The zero-order valence-electron chi connectivity index (χ0n) is 16.1. The largest absolute Gasteiger partial charge is 0.508 e. The minimum absolute atomic E-state index is 0.310. The molecule has 2 rings (SSSR count). The Kier molecular flexibility index (Phi) is 7.27. The topological polar surface area (TPSA) is 29.5 Å². The Hall–Kier alpha value is -1.58. The Morgan fingerprint density at radius 1 is 0.840 bits per heavy atom. The van der Waals surface area contributed by atoms with Crippen LogP contribution in [-0.4, -0.2) is 19.5 Å². The number of phenolic OH excluding ortho intramolecular Hbond substituents is 1. The quantitative estimate of drug-likeness (QED) is 0.416. The van der Waals surface area contributed by atoms with Crippen molar-refractivity contribution in [1.29, 1.82) is 0 Å². The highest BCUT2D eigenvalue weighted by atomic mass is 28.4. The fourth-order valence-corrected chi connectivity index (χ4v) is 4.44. The third-order valence-electron chi connectivity index (χ3n) is 4.29. The van der Waals surface area contributed by atoms with Crippen molar-refractivity contribution in [1.82, 2.24) is 0 Å².